The van der Waals surface area contributed by atoms with Crippen LogP contribution in [0.5, 0.6) is 0 Å². The van der Waals surface area contributed by atoms with E-state index in [0.717, 1.165) is 18.4 Å². The summed E-state index contributed by atoms with van der Waals surface area (Å²) < 4.78 is 5.37. The molecule has 1 aromatic carbocycles. The van der Waals surface area contributed by atoms with E-state index >= 15 is 0 Å². The Kier molecular flexibility index (Phi) is 11.0. The molecule has 0 aliphatic rings. The van der Waals surface area contributed by atoms with Crippen molar-refractivity contribution in [3.8, 4) is 0 Å². The van der Waals surface area contributed by atoms with Gasteiger partial charge in [0.05, 0.1) is 11.8 Å². The van der Waals surface area contributed by atoms with Crippen LogP contribution < -0.4 is 21.3 Å². The molecule has 42 heavy (non-hydrogen) atoms. The Morgan fingerprint density at radius 2 is 1.60 bits per heavy atom. The third-order valence-electron chi connectivity index (χ3n) is 6.02. The minimum Gasteiger partial charge on any atom is -0.460 e. The van der Waals surface area contributed by atoms with E-state index in [0.29, 0.717) is 36.2 Å². The number of aromatic nitrogens is 3. The van der Waals surface area contributed by atoms with E-state index < -0.39 is 22.9 Å². The number of anilines is 4. The standard InChI is InChI=1S/C31H41N7O4/c1-7-14-33-26-24(20-35-29(38-26)34-17-13-21-11-15-32-16-12-21)27(40)36-22-9-8-10-23(18-22)37-28(41)31(5,6)19-25(39)42-30(2,3)4/h8-12,15-16,18,20H,7,13-14,17,19H2,1-6H3,(H,36,40)(H,37,41)(H2,33,34,35,38). The number of esters is 1. The summed E-state index contributed by atoms with van der Waals surface area (Å²) in [6, 6.07) is 10.7. The Hall–Kier alpha value is -4.54. The molecule has 3 rings (SSSR count). The predicted molar refractivity (Wildman–Crippen MR) is 165 cm³/mol. The van der Waals surface area contributed by atoms with E-state index in [1.165, 1.54) is 6.20 Å². The van der Waals surface area contributed by atoms with Crippen LogP contribution in [0.2, 0.25) is 0 Å². The minimum absolute atomic E-state index is 0.0747. The quantitative estimate of drug-likeness (QED) is 0.199. The highest BCUT2D eigenvalue weighted by Crippen LogP contribution is 2.26. The fourth-order valence-corrected chi connectivity index (χ4v) is 3.87. The number of carbonyl (C=O) groups is 3. The van der Waals surface area contributed by atoms with Gasteiger partial charge in [-0.05, 0) is 69.5 Å². The molecule has 2 aromatic heterocycles. The number of nitrogens with zero attached hydrogens (tertiary/aromatic N) is 3. The average Bonchev–Trinajstić information content (AvgIpc) is 2.91. The lowest BCUT2D eigenvalue weighted by atomic mass is 9.88. The Morgan fingerprint density at radius 3 is 2.26 bits per heavy atom. The number of hydrogen-bond acceptors (Lipinski definition) is 9. The van der Waals surface area contributed by atoms with E-state index in [-0.39, 0.29) is 17.9 Å². The van der Waals surface area contributed by atoms with Crippen molar-refractivity contribution in [3.63, 3.8) is 0 Å². The molecule has 0 radical (unpaired) electrons. The minimum atomic E-state index is -1.01. The lowest BCUT2D eigenvalue weighted by Crippen LogP contribution is -2.35. The normalized spacial score (nSPS) is 11.4. The van der Waals surface area contributed by atoms with Crippen molar-refractivity contribution < 1.29 is 19.1 Å². The summed E-state index contributed by atoms with van der Waals surface area (Å²) in [5.74, 6) is -0.357. The monoisotopic (exact) mass is 575 g/mol. The molecule has 2 heterocycles. The maximum absolute atomic E-state index is 13.2. The fourth-order valence-electron chi connectivity index (χ4n) is 3.87. The summed E-state index contributed by atoms with van der Waals surface area (Å²) >= 11 is 0. The first-order chi connectivity index (χ1) is 19.9. The van der Waals surface area contributed by atoms with Crippen molar-refractivity contribution in [2.75, 3.05) is 34.4 Å². The van der Waals surface area contributed by atoms with Crippen LogP contribution in [0.3, 0.4) is 0 Å². The molecule has 0 saturated heterocycles. The topological polar surface area (TPSA) is 147 Å². The van der Waals surface area contributed by atoms with Gasteiger partial charge in [-0.25, -0.2) is 4.98 Å². The molecule has 11 heteroatoms. The van der Waals surface area contributed by atoms with Gasteiger partial charge in [0.1, 0.15) is 17.0 Å². The van der Waals surface area contributed by atoms with Gasteiger partial charge in [-0.2, -0.15) is 4.98 Å². The highest BCUT2D eigenvalue weighted by atomic mass is 16.6. The van der Waals surface area contributed by atoms with Crippen LogP contribution in [-0.4, -0.2) is 51.4 Å². The molecule has 3 aromatic rings. The van der Waals surface area contributed by atoms with Crippen molar-refractivity contribution in [2.24, 2.45) is 5.41 Å². The van der Waals surface area contributed by atoms with Gasteiger partial charge in [-0.1, -0.05) is 26.8 Å². The number of amides is 2. The van der Waals surface area contributed by atoms with Crippen molar-refractivity contribution >= 4 is 40.9 Å². The van der Waals surface area contributed by atoms with Crippen LogP contribution in [0, 0.1) is 5.41 Å². The van der Waals surface area contributed by atoms with Crippen LogP contribution in [0.15, 0.2) is 55.0 Å². The second-order valence-electron chi connectivity index (χ2n) is 11.6. The maximum Gasteiger partial charge on any atom is 0.307 e. The smallest absolute Gasteiger partial charge is 0.307 e. The largest absolute Gasteiger partial charge is 0.460 e. The van der Waals surface area contributed by atoms with Crippen molar-refractivity contribution in [1.29, 1.82) is 0 Å². The van der Waals surface area contributed by atoms with Gasteiger partial charge < -0.3 is 26.0 Å². The molecule has 4 N–H and O–H groups in total. The number of rotatable bonds is 13. The van der Waals surface area contributed by atoms with Gasteiger partial charge in [-0.3, -0.25) is 19.4 Å². The van der Waals surface area contributed by atoms with Crippen molar-refractivity contribution in [3.05, 3.63) is 66.1 Å². The highest BCUT2D eigenvalue weighted by Gasteiger charge is 2.33. The molecule has 2 amide bonds. The second kappa shape index (κ2) is 14.4. The van der Waals surface area contributed by atoms with Crippen LogP contribution in [-0.2, 0) is 20.7 Å². The van der Waals surface area contributed by atoms with Crippen molar-refractivity contribution in [1.82, 2.24) is 15.0 Å². The van der Waals surface area contributed by atoms with Crippen LogP contribution in [0.1, 0.15) is 70.3 Å². The highest BCUT2D eigenvalue weighted by molar-refractivity contribution is 6.07. The summed E-state index contributed by atoms with van der Waals surface area (Å²) in [5.41, 5.74) is 0.740. The molecule has 0 unspecified atom stereocenters. The van der Waals surface area contributed by atoms with Crippen LogP contribution >= 0.6 is 0 Å². The first-order valence-electron chi connectivity index (χ1n) is 14.0. The second-order valence-corrected chi connectivity index (χ2v) is 11.6. The number of carbonyl (C=O) groups excluding carboxylic acids is 3. The molecular weight excluding hydrogens is 534 g/mol. The number of pyridine rings is 1. The van der Waals surface area contributed by atoms with Crippen LogP contribution in [0.4, 0.5) is 23.1 Å². The maximum atomic E-state index is 13.2. The number of ether oxygens (including phenoxy) is 1. The van der Waals surface area contributed by atoms with Gasteiger partial charge in [0.2, 0.25) is 11.9 Å². The van der Waals surface area contributed by atoms with Crippen molar-refractivity contribution in [2.45, 2.75) is 66.4 Å². The summed E-state index contributed by atoms with van der Waals surface area (Å²) in [6.07, 6.45) is 6.54. The Morgan fingerprint density at radius 1 is 0.905 bits per heavy atom. The molecule has 0 aliphatic carbocycles. The Balaban J connectivity index is 1.66. The molecule has 0 spiro atoms. The molecule has 0 aliphatic heterocycles. The summed E-state index contributed by atoms with van der Waals surface area (Å²) in [6.45, 7) is 12.0. The zero-order valence-corrected chi connectivity index (χ0v) is 25.2. The molecule has 11 nitrogen and oxygen atoms in total. The lowest BCUT2D eigenvalue weighted by Gasteiger charge is -2.26. The van der Waals surface area contributed by atoms with Crippen LogP contribution in [0.25, 0.3) is 0 Å². The van der Waals surface area contributed by atoms with Gasteiger partial charge in [0.25, 0.3) is 5.91 Å². The average molecular weight is 576 g/mol. The van der Waals surface area contributed by atoms with E-state index in [1.807, 2.05) is 19.1 Å². The van der Waals surface area contributed by atoms with Gasteiger partial charge in [0.15, 0.2) is 0 Å². The third-order valence-corrected chi connectivity index (χ3v) is 6.02. The van der Waals surface area contributed by atoms with E-state index in [9.17, 15) is 14.4 Å². The third kappa shape index (κ3) is 10.1. The zero-order chi connectivity index (χ0) is 30.8. The molecule has 0 atom stereocenters. The molecule has 224 valence electrons. The summed E-state index contributed by atoms with van der Waals surface area (Å²) in [4.78, 5) is 51.4. The van der Waals surface area contributed by atoms with E-state index in [1.54, 1.807) is 71.3 Å². The Labute approximate surface area is 247 Å². The van der Waals surface area contributed by atoms with E-state index in [2.05, 4.69) is 36.2 Å². The molecule has 0 bridgehead atoms. The molecule has 0 saturated carbocycles. The summed E-state index contributed by atoms with van der Waals surface area (Å²) in [5, 5.41) is 12.1. The lowest BCUT2D eigenvalue weighted by molar-refractivity contribution is -0.158. The Bertz CT molecular complexity index is 1370. The first kappa shape index (κ1) is 32.0. The number of hydrogen-bond donors (Lipinski definition) is 4. The fraction of sp³-hybridized carbons (Fsp3) is 0.419. The molecule has 0 fully saturated rings. The van der Waals surface area contributed by atoms with E-state index in [4.69, 9.17) is 4.74 Å². The SMILES string of the molecule is CCCNc1nc(NCCc2ccncc2)ncc1C(=O)Nc1cccc(NC(=O)C(C)(C)CC(=O)OC(C)(C)C)c1. The first-order valence-corrected chi connectivity index (χ1v) is 14.0. The zero-order valence-electron chi connectivity index (χ0n) is 25.2. The van der Waals surface area contributed by atoms with Gasteiger partial charge in [-0.15, -0.1) is 0 Å². The van der Waals surface area contributed by atoms with Gasteiger partial charge in [0, 0.05) is 43.1 Å². The predicted octanol–water partition coefficient (Wildman–Crippen LogP) is 5.30. The molecular formula is C31H41N7O4. The van der Waals surface area contributed by atoms with Gasteiger partial charge >= 0.3 is 5.97 Å². The number of nitrogens with one attached hydrogen (secondary N) is 4. The summed E-state index contributed by atoms with van der Waals surface area (Å²) in [7, 11) is 0. The number of benzene rings is 1.